The van der Waals surface area contributed by atoms with Crippen LogP contribution in [0.15, 0.2) is 60.7 Å². The first kappa shape index (κ1) is 21.4. The number of hydroxylamine groups is 3. The van der Waals surface area contributed by atoms with Gasteiger partial charge in [0, 0.05) is 24.7 Å². The zero-order valence-electron chi connectivity index (χ0n) is 18.6. The second-order valence-corrected chi connectivity index (χ2v) is 9.45. The molecule has 1 spiro atoms. The van der Waals surface area contributed by atoms with Gasteiger partial charge in [0.1, 0.15) is 5.60 Å². The van der Waals surface area contributed by atoms with E-state index in [0.29, 0.717) is 13.1 Å². The van der Waals surface area contributed by atoms with E-state index in [4.69, 9.17) is 9.68 Å². The molecular formula is C25H31N3O3. The number of hydrogen-bond acceptors (Lipinski definition) is 5. The highest BCUT2D eigenvalue weighted by Crippen LogP contribution is 2.38. The Morgan fingerprint density at radius 3 is 2.52 bits per heavy atom. The average molecular weight is 422 g/mol. The van der Waals surface area contributed by atoms with E-state index in [1.165, 1.54) is 5.56 Å². The lowest BCUT2D eigenvalue weighted by Gasteiger charge is -2.40. The number of hydrogen-bond donors (Lipinski definition) is 2. The van der Waals surface area contributed by atoms with Crippen molar-refractivity contribution in [2.24, 2.45) is 5.92 Å². The molecule has 1 fully saturated rings. The Morgan fingerprint density at radius 2 is 1.87 bits per heavy atom. The molecule has 31 heavy (non-hydrogen) atoms. The fourth-order valence-electron chi connectivity index (χ4n) is 4.07. The molecule has 0 bridgehead atoms. The Labute approximate surface area is 184 Å². The maximum Gasteiger partial charge on any atom is 0.430 e. The lowest BCUT2D eigenvalue weighted by atomic mass is 9.82. The van der Waals surface area contributed by atoms with Crippen molar-refractivity contribution in [1.29, 1.82) is 0 Å². The highest BCUT2D eigenvalue weighted by atomic mass is 16.7. The Bertz CT molecular complexity index is 950. The van der Waals surface area contributed by atoms with E-state index < -0.39 is 11.7 Å². The van der Waals surface area contributed by atoms with E-state index in [0.717, 1.165) is 23.4 Å². The molecule has 6 nitrogen and oxygen atoms in total. The number of carbonyl (C=O) groups excluding carboxylic acids is 1. The summed E-state index contributed by atoms with van der Waals surface area (Å²) in [5.74, 6) is 0.147. The number of nitrogens with one attached hydrogen (secondary N) is 2. The van der Waals surface area contributed by atoms with Gasteiger partial charge in [-0.3, -0.25) is 15.6 Å². The maximum absolute atomic E-state index is 12.4. The largest absolute Gasteiger partial charge is 0.430 e. The minimum absolute atomic E-state index is 0.0743. The van der Waals surface area contributed by atoms with Crippen molar-refractivity contribution in [2.45, 2.75) is 45.1 Å². The average Bonchev–Trinajstić information content (AvgIpc) is 3.17. The lowest BCUT2D eigenvalue weighted by molar-refractivity contribution is -0.176. The van der Waals surface area contributed by atoms with E-state index in [1.54, 1.807) is 5.06 Å². The van der Waals surface area contributed by atoms with Gasteiger partial charge >= 0.3 is 6.09 Å². The topological polar surface area (TPSA) is 62.8 Å². The first-order valence-electron chi connectivity index (χ1n) is 10.8. The highest BCUT2D eigenvalue weighted by molar-refractivity contribution is 5.84. The van der Waals surface area contributed by atoms with Gasteiger partial charge in [-0.25, -0.2) is 4.79 Å². The van der Waals surface area contributed by atoms with Gasteiger partial charge in [0.05, 0.1) is 5.70 Å². The second-order valence-electron chi connectivity index (χ2n) is 9.45. The van der Waals surface area contributed by atoms with Crippen LogP contribution in [0.25, 0.3) is 5.70 Å². The molecule has 2 N–H and O–H groups in total. The number of piperidine rings is 1. The summed E-state index contributed by atoms with van der Waals surface area (Å²) in [7, 11) is 0. The SMILES string of the molecule is CC1CN(OC(=O)Nc2ccc(C(C)(C)C)cc2)CCC12C=C(c1ccccc1)NO2. The van der Waals surface area contributed by atoms with Crippen LogP contribution in [0.3, 0.4) is 0 Å². The van der Waals surface area contributed by atoms with E-state index in [-0.39, 0.29) is 11.3 Å². The summed E-state index contributed by atoms with van der Waals surface area (Å²) in [6.45, 7) is 9.79. The predicted molar refractivity (Wildman–Crippen MR) is 122 cm³/mol. The van der Waals surface area contributed by atoms with Gasteiger partial charge in [-0.1, -0.05) is 70.2 Å². The van der Waals surface area contributed by atoms with E-state index in [2.05, 4.69) is 56.7 Å². The smallest absolute Gasteiger partial charge is 0.351 e. The normalized spacial score (nSPS) is 23.9. The molecule has 2 atom stereocenters. The maximum atomic E-state index is 12.4. The van der Waals surface area contributed by atoms with Crippen LogP contribution in [0.4, 0.5) is 10.5 Å². The number of nitrogens with zero attached hydrogens (tertiary/aromatic N) is 1. The van der Waals surface area contributed by atoms with Crippen molar-refractivity contribution < 1.29 is 14.5 Å². The molecule has 1 saturated heterocycles. The van der Waals surface area contributed by atoms with E-state index in [1.807, 2.05) is 42.5 Å². The molecular weight excluding hydrogens is 390 g/mol. The number of rotatable bonds is 3. The second kappa shape index (κ2) is 8.36. The lowest BCUT2D eigenvalue weighted by Crippen LogP contribution is -2.51. The van der Waals surface area contributed by atoms with Crippen LogP contribution < -0.4 is 10.8 Å². The monoisotopic (exact) mass is 421 g/mol. The van der Waals surface area contributed by atoms with E-state index >= 15 is 0 Å². The minimum atomic E-state index is -0.474. The Morgan fingerprint density at radius 1 is 1.16 bits per heavy atom. The van der Waals surface area contributed by atoms with Crippen LogP contribution in [-0.2, 0) is 15.1 Å². The van der Waals surface area contributed by atoms with Crippen LogP contribution in [0, 0.1) is 5.92 Å². The molecule has 1 amide bonds. The summed E-state index contributed by atoms with van der Waals surface area (Å²) in [4.78, 5) is 24.0. The van der Waals surface area contributed by atoms with Gasteiger partial charge in [0.15, 0.2) is 0 Å². The van der Waals surface area contributed by atoms with Crippen molar-refractivity contribution in [1.82, 2.24) is 10.5 Å². The van der Waals surface area contributed by atoms with Gasteiger partial charge in [-0.05, 0) is 41.2 Å². The zero-order chi connectivity index (χ0) is 22.1. The third-order valence-electron chi connectivity index (χ3n) is 6.10. The van der Waals surface area contributed by atoms with Crippen LogP contribution in [0.1, 0.15) is 45.2 Å². The Balaban J connectivity index is 1.33. The van der Waals surface area contributed by atoms with Gasteiger partial charge < -0.3 is 4.84 Å². The molecule has 2 aliphatic heterocycles. The third kappa shape index (κ3) is 4.75. The quantitative estimate of drug-likeness (QED) is 0.722. The fraction of sp³-hybridized carbons (Fsp3) is 0.400. The fourth-order valence-corrected chi connectivity index (χ4v) is 4.07. The first-order chi connectivity index (χ1) is 14.7. The van der Waals surface area contributed by atoms with Gasteiger partial charge in [-0.2, -0.15) is 0 Å². The highest BCUT2D eigenvalue weighted by Gasteiger charge is 2.45. The third-order valence-corrected chi connectivity index (χ3v) is 6.10. The summed E-state index contributed by atoms with van der Waals surface area (Å²) >= 11 is 0. The van der Waals surface area contributed by atoms with Crippen molar-refractivity contribution in [3.8, 4) is 0 Å². The summed E-state index contributed by atoms with van der Waals surface area (Å²) in [6, 6.07) is 18.0. The molecule has 6 heteroatoms. The first-order valence-corrected chi connectivity index (χ1v) is 10.8. The molecule has 2 aromatic rings. The molecule has 0 aliphatic carbocycles. The number of carbonyl (C=O) groups is 1. The molecule has 0 saturated carbocycles. The van der Waals surface area contributed by atoms with Gasteiger partial charge in [-0.15, -0.1) is 5.06 Å². The molecule has 2 heterocycles. The van der Waals surface area contributed by atoms with E-state index in [9.17, 15) is 4.79 Å². The number of amides is 1. The summed E-state index contributed by atoms with van der Waals surface area (Å²) < 4.78 is 0. The summed E-state index contributed by atoms with van der Waals surface area (Å²) in [6.07, 6.45) is 2.42. The zero-order valence-corrected chi connectivity index (χ0v) is 18.6. The minimum Gasteiger partial charge on any atom is -0.351 e. The molecule has 2 unspecified atom stereocenters. The Hall–Kier alpha value is -2.83. The predicted octanol–water partition coefficient (Wildman–Crippen LogP) is 5.10. The summed E-state index contributed by atoms with van der Waals surface area (Å²) in [5, 5.41) is 4.53. The number of anilines is 1. The van der Waals surface area contributed by atoms with Crippen LogP contribution in [-0.4, -0.2) is 29.8 Å². The standard InChI is InChI=1S/C25H31N3O3/c1-18-17-28(30-23(29)26-21-12-10-20(11-13-21)24(2,3)4)15-14-25(18)16-22(27-31-25)19-8-6-5-7-9-19/h5-13,16,18,27H,14-15,17H2,1-4H3,(H,26,29). The molecule has 2 aromatic carbocycles. The molecule has 164 valence electrons. The van der Waals surface area contributed by atoms with Crippen LogP contribution in [0.2, 0.25) is 0 Å². The molecule has 2 aliphatic rings. The van der Waals surface area contributed by atoms with Crippen molar-refractivity contribution in [2.75, 3.05) is 18.4 Å². The Kier molecular flexibility index (Phi) is 5.77. The van der Waals surface area contributed by atoms with Crippen LogP contribution >= 0.6 is 0 Å². The van der Waals surface area contributed by atoms with Crippen LogP contribution in [0.5, 0.6) is 0 Å². The summed E-state index contributed by atoms with van der Waals surface area (Å²) in [5.41, 5.74) is 6.79. The molecule has 0 aromatic heterocycles. The number of benzene rings is 2. The van der Waals surface area contributed by atoms with Gasteiger partial charge in [0.25, 0.3) is 0 Å². The van der Waals surface area contributed by atoms with Crippen molar-refractivity contribution in [3.63, 3.8) is 0 Å². The van der Waals surface area contributed by atoms with Crippen molar-refractivity contribution >= 4 is 17.5 Å². The molecule has 4 rings (SSSR count). The van der Waals surface area contributed by atoms with Crippen molar-refractivity contribution in [3.05, 3.63) is 71.8 Å². The van der Waals surface area contributed by atoms with Gasteiger partial charge in [0.2, 0.25) is 0 Å². The molecule has 0 radical (unpaired) electrons.